The van der Waals surface area contributed by atoms with Crippen molar-refractivity contribution in [1.82, 2.24) is 10.2 Å². The van der Waals surface area contributed by atoms with E-state index in [0.717, 1.165) is 12.2 Å². The molecule has 6 heteroatoms. The number of benzene rings is 1. The molecule has 0 atom stereocenters. The number of carbonyl (C=O) groups excluding carboxylic acids is 2. The number of carbonyl (C=O) groups is 2. The second-order valence-corrected chi connectivity index (χ2v) is 4.65. The summed E-state index contributed by atoms with van der Waals surface area (Å²) in [7, 11) is 3.27. The average Bonchev–Trinajstić information content (AvgIpc) is 2.89. The molecule has 0 radical (unpaired) electrons. The minimum atomic E-state index is -0.355. The van der Waals surface area contributed by atoms with Gasteiger partial charge >= 0.3 is 12.0 Å². The number of urea groups is 1. The zero-order valence-corrected chi connectivity index (χ0v) is 11.8. The molecule has 1 aliphatic heterocycles. The Morgan fingerprint density at radius 1 is 1.45 bits per heavy atom. The van der Waals surface area contributed by atoms with Gasteiger partial charge in [0.15, 0.2) is 0 Å². The third kappa shape index (κ3) is 3.01. The highest BCUT2D eigenvalue weighted by molar-refractivity contribution is 5.95. The first-order valence-electron chi connectivity index (χ1n) is 6.54. The molecule has 0 spiro atoms. The van der Waals surface area contributed by atoms with E-state index in [2.05, 4.69) is 5.32 Å². The molecule has 1 aliphatic rings. The molecule has 0 aromatic heterocycles. The topological polar surface area (TPSA) is 61.9 Å². The number of likely N-dealkylation sites (N-methyl/N-ethyl adjacent to an activating group) is 1. The molecule has 20 heavy (non-hydrogen) atoms. The van der Waals surface area contributed by atoms with Gasteiger partial charge in [-0.1, -0.05) is 12.1 Å². The van der Waals surface area contributed by atoms with Crippen LogP contribution in [-0.4, -0.2) is 57.2 Å². The monoisotopic (exact) mass is 277 g/mol. The predicted molar refractivity (Wildman–Crippen MR) is 76.0 cm³/mol. The maximum atomic E-state index is 11.7. The SMILES string of the molecule is COC(=O)c1ccccc1N(C)CCN1CCNC1=O. The molecular formula is C14H19N3O3. The van der Waals surface area contributed by atoms with E-state index in [1.165, 1.54) is 7.11 Å². The summed E-state index contributed by atoms with van der Waals surface area (Å²) in [6.07, 6.45) is 0. The molecule has 1 N–H and O–H groups in total. The fraction of sp³-hybridized carbons (Fsp3) is 0.429. The van der Waals surface area contributed by atoms with Crippen LogP contribution >= 0.6 is 0 Å². The summed E-state index contributed by atoms with van der Waals surface area (Å²) in [5.41, 5.74) is 1.34. The Balaban J connectivity index is 2.03. The number of esters is 1. The minimum Gasteiger partial charge on any atom is -0.465 e. The Labute approximate surface area is 118 Å². The number of hydrogen-bond donors (Lipinski definition) is 1. The standard InChI is InChI=1S/C14H19N3O3/c1-16(9-10-17-8-7-15-14(17)19)12-6-4-3-5-11(12)13(18)20-2/h3-6H,7-10H2,1-2H3,(H,15,19). The van der Waals surface area contributed by atoms with Crippen molar-refractivity contribution in [2.24, 2.45) is 0 Å². The summed E-state index contributed by atoms with van der Waals surface area (Å²) in [5, 5.41) is 2.77. The third-order valence-electron chi connectivity index (χ3n) is 3.37. The Morgan fingerprint density at radius 3 is 2.85 bits per heavy atom. The predicted octanol–water partition coefficient (Wildman–Crippen LogP) is 0.935. The second kappa shape index (κ2) is 6.27. The second-order valence-electron chi connectivity index (χ2n) is 4.65. The van der Waals surface area contributed by atoms with E-state index in [1.807, 2.05) is 24.1 Å². The van der Waals surface area contributed by atoms with Crippen molar-refractivity contribution >= 4 is 17.7 Å². The van der Waals surface area contributed by atoms with Gasteiger partial charge in [-0.05, 0) is 12.1 Å². The van der Waals surface area contributed by atoms with Crippen LogP contribution < -0.4 is 10.2 Å². The number of amides is 2. The summed E-state index contributed by atoms with van der Waals surface area (Å²) in [6.45, 7) is 2.70. The summed E-state index contributed by atoms with van der Waals surface area (Å²) in [6, 6.07) is 7.26. The molecule has 108 valence electrons. The highest BCUT2D eigenvalue weighted by Gasteiger charge is 2.20. The highest BCUT2D eigenvalue weighted by atomic mass is 16.5. The molecule has 1 saturated heterocycles. The molecule has 1 heterocycles. The fourth-order valence-electron chi connectivity index (χ4n) is 2.20. The quantitative estimate of drug-likeness (QED) is 0.814. The lowest BCUT2D eigenvalue weighted by atomic mass is 10.1. The number of para-hydroxylation sites is 1. The van der Waals surface area contributed by atoms with Crippen molar-refractivity contribution in [3.8, 4) is 0 Å². The van der Waals surface area contributed by atoms with Gasteiger partial charge in [-0.15, -0.1) is 0 Å². The normalized spacial score (nSPS) is 14.1. The van der Waals surface area contributed by atoms with Gasteiger partial charge in [0.05, 0.1) is 18.4 Å². The van der Waals surface area contributed by atoms with E-state index < -0.39 is 0 Å². The third-order valence-corrected chi connectivity index (χ3v) is 3.37. The van der Waals surface area contributed by atoms with Crippen LogP contribution in [0.4, 0.5) is 10.5 Å². The number of hydrogen-bond acceptors (Lipinski definition) is 4. The number of anilines is 1. The average molecular weight is 277 g/mol. The number of rotatable bonds is 5. The van der Waals surface area contributed by atoms with Crippen LogP contribution in [-0.2, 0) is 4.74 Å². The van der Waals surface area contributed by atoms with Gasteiger partial charge in [0, 0.05) is 33.2 Å². The van der Waals surface area contributed by atoms with Crippen molar-refractivity contribution in [1.29, 1.82) is 0 Å². The first-order chi connectivity index (χ1) is 9.63. The minimum absolute atomic E-state index is 0.0281. The zero-order chi connectivity index (χ0) is 14.5. The van der Waals surface area contributed by atoms with Crippen LogP contribution in [0.5, 0.6) is 0 Å². The lowest BCUT2D eigenvalue weighted by molar-refractivity contribution is 0.0601. The smallest absolute Gasteiger partial charge is 0.339 e. The molecule has 1 aromatic rings. The maximum Gasteiger partial charge on any atom is 0.339 e. The van der Waals surface area contributed by atoms with Gasteiger partial charge in [-0.2, -0.15) is 0 Å². The van der Waals surface area contributed by atoms with E-state index in [0.29, 0.717) is 25.2 Å². The summed E-state index contributed by atoms with van der Waals surface area (Å²) < 4.78 is 4.78. The van der Waals surface area contributed by atoms with Crippen molar-refractivity contribution in [2.75, 3.05) is 45.2 Å². The van der Waals surface area contributed by atoms with E-state index in [-0.39, 0.29) is 12.0 Å². The molecule has 6 nitrogen and oxygen atoms in total. The van der Waals surface area contributed by atoms with Crippen LogP contribution in [0.1, 0.15) is 10.4 Å². The van der Waals surface area contributed by atoms with E-state index >= 15 is 0 Å². The molecule has 2 rings (SSSR count). The maximum absolute atomic E-state index is 11.7. The Morgan fingerprint density at radius 2 is 2.20 bits per heavy atom. The first kappa shape index (κ1) is 14.2. The Kier molecular flexibility index (Phi) is 4.45. The summed E-state index contributed by atoms with van der Waals surface area (Å²) in [4.78, 5) is 26.9. The number of methoxy groups -OCH3 is 1. The van der Waals surface area contributed by atoms with Crippen LogP contribution in [0, 0.1) is 0 Å². The van der Waals surface area contributed by atoms with E-state index in [1.54, 1.807) is 17.0 Å². The molecule has 1 fully saturated rings. The highest BCUT2D eigenvalue weighted by Crippen LogP contribution is 2.19. The van der Waals surface area contributed by atoms with Crippen molar-refractivity contribution < 1.29 is 14.3 Å². The van der Waals surface area contributed by atoms with Gasteiger partial charge in [0.2, 0.25) is 0 Å². The number of ether oxygens (including phenoxy) is 1. The number of nitrogens with zero attached hydrogens (tertiary/aromatic N) is 2. The number of nitrogens with one attached hydrogen (secondary N) is 1. The molecule has 0 unspecified atom stereocenters. The fourth-order valence-corrected chi connectivity index (χ4v) is 2.20. The Bertz CT molecular complexity index is 504. The van der Waals surface area contributed by atoms with Gasteiger partial charge in [0.1, 0.15) is 0 Å². The molecule has 2 amide bonds. The zero-order valence-electron chi connectivity index (χ0n) is 11.8. The molecule has 0 aliphatic carbocycles. The Hall–Kier alpha value is -2.24. The van der Waals surface area contributed by atoms with Gasteiger partial charge in [0.25, 0.3) is 0 Å². The van der Waals surface area contributed by atoms with Crippen LogP contribution in [0.3, 0.4) is 0 Å². The molecule has 0 saturated carbocycles. The lowest BCUT2D eigenvalue weighted by Gasteiger charge is -2.24. The summed E-state index contributed by atoms with van der Waals surface area (Å²) >= 11 is 0. The van der Waals surface area contributed by atoms with Gasteiger partial charge in [-0.25, -0.2) is 9.59 Å². The van der Waals surface area contributed by atoms with E-state index in [4.69, 9.17) is 4.74 Å². The van der Waals surface area contributed by atoms with Crippen molar-refractivity contribution in [2.45, 2.75) is 0 Å². The largest absolute Gasteiger partial charge is 0.465 e. The van der Waals surface area contributed by atoms with E-state index in [9.17, 15) is 9.59 Å². The van der Waals surface area contributed by atoms with Crippen LogP contribution in [0.15, 0.2) is 24.3 Å². The van der Waals surface area contributed by atoms with Crippen molar-refractivity contribution in [3.63, 3.8) is 0 Å². The molecular weight excluding hydrogens is 258 g/mol. The van der Waals surface area contributed by atoms with Gasteiger partial charge in [-0.3, -0.25) is 0 Å². The van der Waals surface area contributed by atoms with Crippen LogP contribution in [0.25, 0.3) is 0 Å². The lowest BCUT2D eigenvalue weighted by Crippen LogP contribution is -2.36. The van der Waals surface area contributed by atoms with Crippen molar-refractivity contribution in [3.05, 3.63) is 29.8 Å². The van der Waals surface area contributed by atoms with Crippen LogP contribution in [0.2, 0.25) is 0 Å². The van der Waals surface area contributed by atoms with Gasteiger partial charge < -0.3 is 19.9 Å². The first-order valence-corrected chi connectivity index (χ1v) is 6.54. The molecule has 1 aromatic carbocycles. The molecule has 0 bridgehead atoms. The summed E-state index contributed by atoms with van der Waals surface area (Å²) in [5.74, 6) is -0.355.